The number of halogens is 3. The molecule has 7 heteroatoms. The summed E-state index contributed by atoms with van der Waals surface area (Å²) in [5.41, 5.74) is -0.432. The number of hydrogen-bond donors (Lipinski definition) is 1. The van der Waals surface area contributed by atoms with Crippen molar-refractivity contribution in [2.24, 2.45) is 0 Å². The van der Waals surface area contributed by atoms with Crippen LogP contribution in [0.5, 0.6) is 0 Å². The molecule has 1 aromatic rings. The van der Waals surface area contributed by atoms with Gasteiger partial charge in [-0.25, -0.2) is 0 Å². The van der Waals surface area contributed by atoms with Crippen LogP contribution < -0.4 is 5.32 Å². The fraction of sp³-hybridized carbons (Fsp3) is 0.615. The number of aryl methyl sites for hydroxylation is 1. The zero-order chi connectivity index (χ0) is 15.0. The molecule has 0 radical (unpaired) electrons. The first kappa shape index (κ1) is 14.6. The Hall–Kier alpha value is -1.84. The molecule has 2 rings (SSSR count). The van der Waals surface area contributed by atoms with Gasteiger partial charge in [0.2, 0.25) is 0 Å². The lowest BCUT2D eigenvalue weighted by molar-refractivity contribution is -0.151. The molecule has 0 unspecified atom stereocenters. The Bertz CT molecular complexity index is 556. The van der Waals surface area contributed by atoms with E-state index < -0.39 is 11.7 Å². The summed E-state index contributed by atoms with van der Waals surface area (Å²) < 4.78 is 38.9. The van der Waals surface area contributed by atoms with E-state index in [4.69, 9.17) is 0 Å². The molecular formula is C13H15F3N4. The summed E-state index contributed by atoms with van der Waals surface area (Å²) in [4.78, 5) is 0. The van der Waals surface area contributed by atoms with Crippen molar-refractivity contribution in [3.05, 3.63) is 16.8 Å². The number of rotatable bonds is 4. The van der Waals surface area contributed by atoms with Crippen molar-refractivity contribution in [1.82, 2.24) is 10.2 Å². The molecule has 1 fully saturated rings. The smallest absolute Gasteiger partial charge is 0.354 e. The quantitative estimate of drug-likeness (QED) is 0.923. The molecule has 0 saturated heterocycles. The van der Waals surface area contributed by atoms with Crippen LogP contribution in [0.2, 0.25) is 0 Å². The molecule has 1 N–H and O–H groups in total. The Balaban J connectivity index is 2.42. The second-order valence-corrected chi connectivity index (χ2v) is 4.87. The maximum absolute atomic E-state index is 13.0. The Labute approximate surface area is 115 Å². The Morgan fingerprint density at radius 2 is 1.90 bits per heavy atom. The second kappa shape index (κ2) is 4.93. The molecule has 20 heavy (non-hydrogen) atoms. The van der Waals surface area contributed by atoms with E-state index in [9.17, 15) is 18.4 Å². The van der Waals surface area contributed by atoms with Crippen LogP contribution in [0.4, 0.5) is 19.0 Å². The predicted molar refractivity (Wildman–Crippen MR) is 67.1 cm³/mol. The summed E-state index contributed by atoms with van der Waals surface area (Å²) >= 11 is 0. The molecule has 1 aliphatic rings. The van der Waals surface area contributed by atoms with Crippen LogP contribution in [-0.2, 0) is 12.8 Å². The number of alkyl halides is 3. The highest BCUT2D eigenvalue weighted by atomic mass is 19.4. The number of nitriles is 1. The molecule has 108 valence electrons. The zero-order valence-electron chi connectivity index (χ0n) is 11.3. The maximum atomic E-state index is 13.0. The van der Waals surface area contributed by atoms with Gasteiger partial charge in [-0.1, -0.05) is 13.8 Å². The molecule has 0 bridgehead atoms. The van der Waals surface area contributed by atoms with Crippen molar-refractivity contribution in [1.29, 1.82) is 5.26 Å². The Morgan fingerprint density at radius 3 is 2.30 bits per heavy atom. The molecule has 0 amide bonds. The van der Waals surface area contributed by atoms with Crippen LogP contribution >= 0.6 is 0 Å². The SMILES string of the molecule is CCc1nnc(NC2(C(F)(F)F)CC2)c(C#N)c1CC. The van der Waals surface area contributed by atoms with E-state index in [0.29, 0.717) is 24.1 Å². The fourth-order valence-corrected chi connectivity index (χ4v) is 2.21. The largest absolute Gasteiger partial charge is 0.411 e. The summed E-state index contributed by atoms with van der Waals surface area (Å²) in [6.07, 6.45) is -3.22. The number of anilines is 1. The zero-order valence-corrected chi connectivity index (χ0v) is 11.3. The van der Waals surface area contributed by atoms with Crippen LogP contribution in [-0.4, -0.2) is 21.9 Å². The molecule has 0 spiro atoms. The molecule has 1 aromatic heterocycles. The normalized spacial score (nSPS) is 16.6. The van der Waals surface area contributed by atoms with Gasteiger partial charge in [-0.05, 0) is 31.2 Å². The molecule has 1 aliphatic carbocycles. The van der Waals surface area contributed by atoms with Crippen molar-refractivity contribution in [2.75, 3.05) is 5.32 Å². The minimum atomic E-state index is -4.35. The van der Waals surface area contributed by atoms with Crippen LogP contribution in [0.15, 0.2) is 0 Å². The molecule has 4 nitrogen and oxygen atoms in total. The minimum Gasteiger partial charge on any atom is -0.354 e. The third-order valence-electron chi connectivity index (χ3n) is 3.61. The highest BCUT2D eigenvalue weighted by molar-refractivity contribution is 5.58. The van der Waals surface area contributed by atoms with E-state index >= 15 is 0 Å². The first-order chi connectivity index (χ1) is 9.38. The summed E-state index contributed by atoms with van der Waals surface area (Å²) in [6.45, 7) is 3.72. The van der Waals surface area contributed by atoms with Crippen molar-refractivity contribution in [3.63, 3.8) is 0 Å². The Morgan fingerprint density at radius 1 is 1.25 bits per heavy atom. The van der Waals surface area contributed by atoms with Crippen molar-refractivity contribution in [3.8, 4) is 6.07 Å². The van der Waals surface area contributed by atoms with Gasteiger partial charge in [-0.2, -0.15) is 23.5 Å². The molecule has 0 aliphatic heterocycles. The van der Waals surface area contributed by atoms with Gasteiger partial charge in [0.15, 0.2) is 5.82 Å². The van der Waals surface area contributed by atoms with Crippen LogP contribution in [0.1, 0.15) is 43.5 Å². The average Bonchev–Trinajstić information content (AvgIpc) is 3.18. The third-order valence-corrected chi connectivity index (χ3v) is 3.61. The van der Waals surface area contributed by atoms with E-state index in [0.717, 1.165) is 0 Å². The molecule has 0 aromatic carbocycles. The van der Waals surface area contributed by atoms with Crippen LogP contribution in [0.25, 0.3) is 0 Å². The standard InChI is InChI=1S/C13H15F3N4/c1-3-8-9(7-17)11(20-19-10(8)4-2)18-12(5-6-12)13(14,15)16/h3-6H2,1-2H3,(H,18,20). The number of aromatic nitrogens is 2. The summed E-state index contributed by atoms with van der Waals surface area (Å²) in [6, 6.07) is 1.96. The first-order valence-electron chi connectivity index (χ1n) is 6.52. The van der Waals surface area contributed by atoms with Gasteiger partial charge in [0.1, 0.15) is 17.2 Å². The Kier molecular flexibility index (Phi) is 3.59. The van der Waals surface area contributed by atoms with Crippen molar-refractivity contribution in [2.45, 2.75) is 51.2 Å². The van der Waals surface area contributed by atoms with E-state index in [1.54, 1.807) is 0 Å². The lowest BCUT2D eigenvalue weighted by Crippen LogP contribution is -2.39. The number of hydrogen-bond acceptors (Lipinski definition) is 4. The van der Waals surface area contributed by atoms with E-state index in [1.165, 1.54) is 0 Å². The molecule has 0 atom stereocenters. The molecular weight excluding hydrogens is 269 g/mol. The van der Waals surface area contributed by atoms with E-state index in [-0.39, 0.29) is 24.2 Å². The van der Waals surface area contributed by atoms with Crippen molar-refractivity contribution < 1.29 is 13.2 Å². The fourth-order valence-electron chi connectivity index (χ4n) is 2.21. The second-order valence-electron chi connectivity index (χ2n) is 4.87. The van der Waals surface area contributed by atoms with E-state index in [1.807, 2.05) is 19.9 Å². The minimum absolute atomic E-state index is 0.0000358. The monoisotopic (exact) mass is 284 g/mol. The van der Waals surface area contributed by atoms with Gasteiger partial charge in [-0.3, -0.25) is 0 Å². The number of nitrogens with one attached hydrogen (secondary N) is 1. The molecule has 1 saturated carbocycles. The lowest BCUT2D eigenvalue weighted by Gasteiger charge is -2.22. The van der Waals surface area contributed by atoms with Gasteiger partial charge in [0, 0.05) is 0 Å². The summed E-state index contributed by atoms with van der Waals surface area (Å²) in [5.74, 6) is -0.0589. The lowest BCUT2D eigenvalue weighted by atomic mass is 10.0. The average molecular weight is 284 g/mol. The van der Waals surface area contributed by atoms with Gasteiger partial charge in [0.05, 0.1) is 5.69 Å². The van der Waals surface area contributed by atoms with Crippen LogP contribution in [0.3, 0.4) is 0 Å². The van der Waals surface area contributed by atoms with Gasteiger partial charge in [-0.15, -0.1) is 5.10 Å². The highest BCUT2D eigenvalue weighted by Crippen LogP contribution is 2.51. The van der Waals surface area contributed by atoms with Gasteiger partial charge in [0.25, 0.3) is 0 Å². The van der Waals surface area contributed by atoms with Crippen LogP contribution in [0, 0.1) is 11.3 Å². The first-order valence-corrected chi connectivity index (χ1v) is 6.52. The van der Waals surface area contributed by atoms with Crippen molar-refractivity contribution >= 4 is 5.82 Å². The third kappa shape index (κ3) is 2.30. The van der Waals surface area contributed by atoms with Gasteiger partial charge >= 0.3 is 6.18 Å². The summed E-state index contributed by atoms with van der Waals surface area (Å²) in [7, 11) is 0. The van der Waals surface area contributed by atoms with E-state index in [2.05, 4.69) is 15.5 Å². The predicted octanol–water partition coefficient (Wildman–Crippen LogP) is 2.98. The topological polar surface area (TPSA) is 61.6 Å². The van der Waals surface area contributed by atoms with Gasteiger partial charge < -0.3 is 5.32 Å². The number of nitrogens with zero attached hydrogens (tertiary/aromatic N) is 3. The highest BCUT2D eigenvalue weighted by Gasteiger charge is 2.64. The molecule has 1 heterocycles. The summed E-state index contributed by atoms with van der Waals surface area (Å²) in [5, 5.41) is 19.3. The maximum Gasteiger partial charge on any atom is 0.411 e.